The zero-order valence-electron chi connectivity index (χ0n) is 10.5. The number of ether oxygens (including phenoxy) is 1. The third kappa shape index (κ3) is 3.69. The Kier molecular flexibility index (Phi) is 5.64. The zero-order chi connectivity index (χ0) is 20.9. The summed E-state index contributed by atoms with van der Waals surface area (Å²) in [5.41, 5.74) is 0. The first-order chi connectivity index (χ1) is 10.6. The van der Waals surface area contributed by atoms with Gasteiger partial charge < -0.3 is 5.11 Å². The van der Waals surface area contributed by atoms with E-state index in [1.54, 1.807) is 0 Å². The molecule has 0 aromatic rings. The minimum absolute atomic E-state index is 1.32. The van der Waals surface area contributed by atoms with Crippen molar-refractivity contribution >= 4 is 0 Å². The van der Waals surface area contributed by atoms with Crippen LogP contribution in [0.4, 0.5) is 65.9 Å². The van der Waals surface area contributed by atoms with Crippen molar-refractivity contribution < 1.29 is 75.7 Å². The minimum atomic E-state index is -7.68. The van der Waals surface area contributed by atoms with E-state index < -0.39 is 48.0 Å². The number of alkyl halides is 13. The van der Waals surface area contributed by atoms with Crippen LogP contribution in [0.2, 0.25) is 0 Å². The van der Waals surface area contributed by atoms with E-state index in [9.17, 15) is 65.9 Å². The molecule has 0 heterocycles. The summed E-state index contributed by atoms with van der Waals surface area (Å²) >= 11 is 0. The van der Waals surface area contributed by atoms with Crippen LogP contribution in [-0.2, 0) is 4.74 Å². The van der Waals surface area contributed by atoms with Crippen LogP contribution >= 0.6 is 0 Å². The maximum atomic E-state index is 13.3. The Bertz CT molecular complexity index is 525. The highest BCUT2D eigenvalue weighted by Gasteiger charge is 2.84. The summed E-state index contributed by atoms with van der Waals surface area (Å²) in [7, 11) is 0. The van der Waals surface area contributed by atoms with Gasteiger partial charge in [-0.05, 0) is 0 Å². The summed E-state index contributed by atoms with van der Waals surface area (Å²) in [4.78, 5) is 0. The second kappa shape index (κ2) is 6.01. The number of hydrogen-bond acceptors (Lipinski definition) is 2. The van der Waals surface area contributed by atoms with Gasteiger partial charge in [-0.2, -0.15) is 65.9 Å². The molecule has 0 radical (unpaired) electrons. The third-order valence-electron chi connectivity index (χ3n) is 2.22. The third-order valence-corrected chi connectivity index (χ3v) is 2.22. The second-order valence-electron chi connectivity index (χ2n) is 3.96. The van der Waals surface area contributed by atoms with E-state index in [-0.39, 0.29) is 0 Å². The quantitative estimate of drug-likeness (QED) is 0.488. The van der Waals surface area contributed by atoms with Gasteiger partial charge in [-0.3, -0.25) is 4.74 Å². The fourth-order valence-corrected chi connectivity index (χ4v) is 0.976. The molecule has 0 bridgehead atoms. The predicted octanol–water partition coefficient (Wildman–Crippen LogP) is 5.32. The van der Waals surface area contributed by atoms with Gasteiger partial charge in [-0.25, -0.2) is 0 Å². The van der Waals surface area contributed by atoms with Crippen molar-refractivity contribution in [2.45, 2.75) is 36.2 Å². The van der Waals surface area contributed by atoms with Gasteiger partial charge in [0.15, 0.2) is 0 Å². The zero-order valence-corrected chi connectivity index (χ0v) is 10.5. The Morgan fingerprint density at radius 3 is 1.24 bits per heavy atom. The molecule has 0 aliphatic rings. The molecule has 17 heteroatoms. The fourth-order valence-electron chi connectivity index (χ4n) is 0.976. The Balaban J connectivity index is 6.44. The number of halogens is 15. The molecule has 0 saturated heterocycles. The van der Waals surface area contributed by atoms with Crippen molar-refractivity contribution in [2.24, 2.45) is 0 Å². The molecule has 150 valence electrons. The van der Waals surface area contributed by atoms with Gasteiger partial charge in [0.05, 0.1) is 0 Å². The number of aliphatic hydroxyl groups excluding tert-OH is 1. The average Bonchev–Trinajstić information content (AvgIpc) is 2.33. The van der Waals surface area contributed by atoms with E-state index in [1.807, 2.05) is 0 Å². The molecule has 0 saturated carbocycles. The highest BCUT2D eigenvalue weighted by Crippen LogP contribution is 2.56. The summed E-state index contributed by atoms with van der Waals surface area (Å²) < 4.78 is 186. The molecule has 0 amide bonds. The second-order valence-corrected chi connectivity index (χ2v) is 3.96. The van der Waals surface area contributed by atoms with Gasteiger partial charge in [0, 0.05) is 0 Å². The molecule has 1 atom stereocenters. The molecule has 0 rings (SSSR count). The SMILES string of the molecule is OC(F)=C(F)C(F)(F)C(F)(OC(F)(F)C(F)(F)C(F)(F)F)C(F)(F)F. The first-order valence-electron chi connectivity index (χ1n) is 4.97. The first-order valence-corrected chi connectivity index (χ1v) is 4.97. The fraction of sp³-hybridized carbons (Fsp3) is 0.750. The molecular formula is C8HF15O2. The van der Waals surface area contributed by atoms with Crippen LogP contribution in [0.3, 0.4) is 0 Å². The summed E-state index contributed by atoms with van der Waals surface area (Å²) in [6, 6.07) is -3.93. The lowest BCUT2D eigenvalue weighted by molar-refractivity contribution is -0.505. The van der Waals surface area contributed by atoms with E-state index >= 15 is 0 Å². The Labute approximate surface area is 125 Å². The van der Waals surface area contributed by atoms with Crippen molar-refractivity contribution in [3.8, 4) is 0 Å². The maximum Gasteiger partial charge on any atom is 0.462 e. The molecule has 0 fully saturated rings. The molecule has 2 nitrogen and oxygen atoms in total. The van der Waals surface area contributed by atoms with Crippen molar-refractivity contribution in [3.05, 3.63) is 11.8 Å². The van der Waals surface area contributed by atoms with E-state index in [0.29, 0.717) is 0 Å². The van der Waals surface area contributed by atoms with Crippen molar-refractivity contribution in [2.75, 3.05) is 0 Å². The van der Waals surface area contributed by atoms with Gasteiger partial charge >= 0.3 is 42.2 Å². The Morgan fingerprint density at radius 1 is 0.640 bits per heavy atom. The highest BCUT2D eigenvalue weighted by molar-refractivity contribution is 5.14. The predicted molar refractivity (Wildman–Crippen MR) is 43.7 cm³/mol. The van der Waals surface area contributed by atoms with Gasteiger partial charge in [-0.15, -0.1) is 0 Å². The van der Waals surface area contributed by atoms with Crippen LogP contribution in [-0.4, -0.2) is 41.3 Å². The molecule has 0 aromatic heterocycles. The van der Waals surface area contributed by atoms with Crippen LogP contribution in [0.15, 0.2) is 11.8 Å². The Morgan fingerprint density at radius 2 is 1.00 bits per heavy atom. The largest absolute Gasteiger partial charge is 0.484 e. The van der Waals surface area contributed by atoms with Gasteiger partial charge in [0.2, 0.25) is 5.83 Å². The first kappa shape index (κ1) is 23.4. The van der Waals surface area contributed by atoms with E-state index in [4.69, 9.17) is 5.11 Å². The molecule has 25 heavy (non-hydrogen) atoms. The molecule has 0 aromatic carbocycles. The highest BCUT2D eigenvalue weighted by atomic mass is 19.4. The van der Waals surface area contributed by atoms with E-state index in [0.717, 1.165) is 0 Å². The molecular weight excluding hydrogens is 413 g/mol. The summed E-state index contributed by atoms with van der Waals surface area (Å²) in [5.74, 6) is -27.1. The van der Waals surface area contributed by atoms with E-state index in [1.165, 1.54) is 4.74 Å². The summed E-state index contributed by atoms with van der Waals surface area (Å²) in [5, 5.41) is 7.63. The van der Waals surface area contributed by atoms with Gasteiger partial charge in [0.1, 0.15) is 0 Å². The Hall–Kier alpha value is -1.55. The van der Waals surface area contributed by atoms with Crippen LogP contribution in [0, 0.1) is 0 Å². The van der Waals surface area contributed by atoms with Crippen LogP contribution in [0.25, 0.3) is 0 Å². The standard InChI is InChI=1S/C8HF15O2/c9-1(2(10)24)3(11,12)5(15,7(19,20)21)25-8(22,23)4(13,14)6(16,17)18/h24H. The van der Waals surface area contributed by atoms with Crippen molar-refractivity contribution in [1.82, 2.24) is 0 Å². The monoisotopic (exact) mass is 414 g/mol. The van der Waals surface area contributed by atoms with Gasteiger partial charge in [-0.1, -0.05) is 0 Å². The molecule has 0 aliphatic heterocycles. The number of rotatable bonds is 5. The van der Waals surface area contributed by atoms with Crippen LogP contribution in [0.5, 0.6) is 0 Å². The average molecular weight is 414 g/mol. The van der Waals surface area contributed by atoms with Crippen LogP contribution < -0.4 is 0 Å². The number of hydrogen-bond donors (Lipinski definition) is 1. The minimum Gasteiger partial charge on any atom is -0.484 e. The molecule has 0 aliphatic carbocycles. The smallest absolute Gasteiger partial charge is 0.462 e. The lowest BCUT2D eigenvalue weighted by Gasteiger charge is -2.37. The van der Waals surface area contributed by atoms with Crippen molar-refractivity contribution in [1.29, 1.82) is 0 Å². The van der Waals surface area contributed by atoms with E-state index in [2.05, 4.69) is 0 Å². The summed E-state index contributed by atoms with van der Waals surface area (Å²) in [6.07, 6.45) is -22.7. The van der Waals surface area contributed by atoms with Crippen LogP contribution in [0.1, 0.15) is 0 Å². The lowest BCUT2D eigenvalue weighted by Crippen LogP contribution is -2.65. The lowest BCUT2D eigenvalue weighted by atomic mass is 10.1. The molecule has 0 spiro atoms. The molecule has 1 unspecified atom stereocenters. The topological polar surface area (TPSA) is 29.5 Å². The summed E-state index contributed by atoms with van der Waals surface area (Å²) in [6.45, 7) is 0. The van der Waals surface area contributed by atoms with Gasteiger partial charge in [0.25, 0.3) is 0 Å². The molecule has 1 N–H and O–H groups in total. The van der Waals surface area contributed by atoms with Crippen molar-refractivity contribution in [3.63, 3.8) is 0 Å². The number of aliphatic hydroxyl groups is 1. The maximum absolute atomic E-state index is 13.3. The normalized spacial score (nSPS) is 18.7.